The maximum atomic E-state index is 11.8. The van der Waals surface area contributed by atoms with Crippen molar-refractivity contribution in [3.63, 3.8) is 0 Å². The highest BCUT2D eigenvalue weighted by Crippen LogP contribution is 2.13. The van der Waals surface area contributed by atoms with Crippen LogP contribution in [0.2, 0.25) is 0 Å². The molecule has 8 nitrogen and oxygen atoms in total. The van der Waals surface area contributed by atoms with Gasteiger partial charge in [0.15, 0.2) is 6.61 Å². The number of ether oxygens (including phenoxy) is 1. The largest absolute Gasteiger partial charge is 0.484 e. The summed E-state index contributed by atoms with van der Waals surface area (Å²) in [5.41, 5.74) is 6.53. The Bertz CT molecular complexity index is 631. The first kappa shape index (κ1) is 21.4. The fourth-order valence-corrected chi connectivity index (χ4v) is 1.87. The summed E-state index contributed by atoms with van der Waals surface area (Å²) in [5.74, 6) is -0.262. The summed E-state index contributed by atoms with van der Waals surface area (Å²) in [7, 11) is 3.31. The lowest BCUT2D eigenvalue weighted by atomic mass is 10.1. The van der Waals surface area contributed by atoms with E-state index in [1.54, 1.807) is 32.3 Å². The molecule has 0 saturated carbocycles. The number of rotatable bonds is 9. The molecule has 4 N–H and O–H groups in total. The van der Waals surface area contributed by atoms with E-state index in [-0.39, 0.29) is 43.3 Å². The predicted octanol–water partition coefficient (Wildman–Crippen LogP) is -0.131. The third kappa shape index (κ3) is 7.52. The van der Waals surface area contributed by atoms with Crippen molar-refractivity contribution in [2.24, 2.45) is 11.7 Å². The van der Waals surface area contributed by atoms with Crippen molar-refractivity contribution < 1.29 is 19.1 Å². The number of nitrogens with two attached hydrogens (primary N) is 1. The predicted molar refractivity (Wildman–Crippen MR) is 98.3 cm³/mol. The number of likely N-dealkylation sites (N-methyl/N-ethyl adjacent to an activating group) is 1. The molecule has 0 heterocycles. The van der Waals surface area contributed by atoms with Crippen LogP contribution in [0.3, 0.4) is 0 Å². The fourth-order valence-electron chi connectivity index (χ4n) is 1.87. The Kier molecular flexibility index (Phi) is 8.57. The van der Waals surface area contributed by atoms with E-state index in [0.29, 0.717) is 5.75 Å². The number of carbonyl (C=O) groups excluding carboxylic acids is 3. The molecule has 0 radical (unpaired) electrons. The molecule has 1 rings (SSSR count). The smallest absolute Gasteiger partial charge is 0.259 e. The summed E-state index contributed by atoms with van der Waals surface area (Å²) < 4.78 is 5.43. The monoisotopic (exact) mass is 364 g/mol. The van der Waals surface area contributed by atoms with Crippen molar-refractivity contribution in [2.75, 3.05) is 27.2 Å². The van der Waals surface area contributed by atoms with Gasteiger partial charge in [-0.2, -0.15) is 0 Å². The minimum atomic E-state index is -0.637. The zero-order chi connectivity index (χ0) is 19.7. The Labute approximate surface area is 154 Å². The molecule has 26 heavy (non-hydrogen) atoms. The van der Waals surface area contributed by atoms with Crippen LogP contribution in [0.15, 0.2) is 24.3 Å². The van der Waals surface area contributed by atoms with Gasteiger partial charge in [0.05, 0.1) is 12.6 Å². The van der Waals surface area contributed by atoms with E-state index in [1.807, 2.05) is 19.9 Å². The Morgan fingerprint density at radius 1 is 1.19 bits per heavy atom. The lowest BCUT2D eigenvalue weighted by Gasteiger charge is -2.15. The molecule has 1 aromatic carbocycles. The number of hydrogen-bond donors (Lipinski definition) is 3. The topological polar surface area (TPSA) is 114 Å². The maximum Gasteiger partial charge on any atom is 0.259 e. The van der Waals surface area contributed by atoms with Crippen LogP contribution in [-0.4, -0.2) is 55.9 Å². The molecule has 1 aromatic rings. The number of nitrogens with zero attached hydrogens (tertiary/aromatic N) is 1. The summed E-state index contributed by atoms with van der Waals surface area (Å²) in [5, 5.41) is 5.22. The molecular weight excluding hydrogens is 336 g/mol. The molecule has 1 atom stereocenters. The summed E-state index contributed by atoms with van der Waals surface area (Å²) in [4.78, 5) is 36.5. The summed E-state index contributed by atoms with van der Waals surface area (Å²) >= 11 is 0. The van der Waals surface area contributed by atoms with Gasteiger partial charge >= 0.3 is 0 Å². The van der Waals surface area contributed by atoms with Crippen molar-refractivity contribution in [2.45, 2.75) is 26.4 Å². The second kappa shape index (κ2) is 10.4. The van der Waals surface area contributed by atoms with Gasteiger partial charge in [0.2, 0.25) is 11.8 Å². The molecule has 0 unspecified atom stereocenters. The molecule has 0 aliphatic carbocycles. The number of amides is 3. The first-order valence-electron chi connectivity index (χ1n) is 8.42. The van der Waals surface area contributed by atoms with Gasteiger partial charge in [-0.3, -0.25) is 14.4 Å². The number of benzene rings is 1. The van der Waals surface area contributed by atoms with Gasteiger partial charge in [-0.25, -0.2) is 0 Å². The van der Waals surface area contributed by atoms with Gasteiger partial charge in [0.25, 0.3) is 5.91 Å². The molecule has 3 amide bonds. The Morgan fingerprint density at radius 3 is 2.50 bits per heavy atom. The van der Waals surface area contributed by atoms with Crippen molar-refractivity contribution in [1.29, 1.82) is 0 Å². The third-order valence-electron chi connectivity index (χ3n) is 3.69. The lowest BCUT2D eigenvalue weighted by Crippen LogP contribution is -2.47. The SMILES string of the molecule is CC(C)[C@H](N)C(=O)NCC(=O)NCc1cccc(OCC(=O)N(C)C)c1. The van der Waals surface area contributed by atoms with Gasteiger partial charge in [-0.1, -0.05) is 26.0 Å². The molecule has 0 saturated heterocycles. The molecule has 0 aliphatic rings. The van der Waals surface area contributed by atoms with Gasteiger partial charge in [-0.15, -0.1) is 0 Å². The highest BCUT2D eigenvalue weighted by molar-refractivity contribution is 5.87. The van der Waals surface area contributed by atoms with E-state index in [2.05, 4.69) is 10.6 Å². The van der Waals surface area contributed by atoms with Crippen LogP contribution >= 0.6 is 0 Å². The maximum absolute atomic E-state index is 11.8. The first-order valence-corrected chi connectivity index (χ1v) is 8.42. The van der Waals surface area contributed by atoms with Crippen LogP contribution in [0.1, 0.15) is 19.4 Å². The van der Waals surface area contributed by atoms with Gasteiger partial charge < -0.3 is 26.0 Å². The van der Waals surface area contributed by atoms with Crippen molar-refractivity contribution in [3.8, 4) is 5.75 Å². The van der Waals surface area contributed by atoms with E-state index in [9.17, 15) is 14.4 Å². The Morgan fingerprint density at radius 2 is 1.88 bits per heavy atom. The molecular formula is C18H28N4O4. The molecule has 8 heteroatoms. The van der Waals surface area contributed by atoms with Crippen LogP contribution in [0.4, 0.5) is 0 Å². The average molecular weight is 364 g/mol. The normalized spacial score (nSPS) is 11.6. The van der Waals surface area contributed by atoms with Crippen LogP contribution in [0.5, 0.6) is 5.75 Å². The zero-order valence-corrected chi connectivity index (χ0v) is 15.7. The minimum absolute atomic E-state index is 0.000165. The summed E-state index contributed by atoms with van der Waals surface area (Å²) in [6.45, 7) is 3.78. The van der Waals surface area contributed by atoms with Gasteiger partial charge in [0, 0.05) is 20.6 Å². The van der Waals surface area contributed by atoms with Crippen LogP contribution < -0.4 is 21.1 Å². The van der Waals surface area contributed by atoms with E-state index in [4.69, 9.17) is 10.5 Å². The van der Waals surface area contributed by atoms with Gasteiger partial charge in [-0.05, 0) is 23.6 Å². The van der Waals surface area contributed by atoms with Gasteiger partial charge in [0.1, 0.15) is 5.75 Å². The molecule has 144 valence electrons. The van der Waals surface area contributed by atoms with Crippen LogP contribution in [0.25, 0.3) is 0 Å². The standard InChI is InChI=1S/C18H28N4O4/c1-12(2)17(19)18(25)21-10-15(23)20-9-13-6-5-7-14(8-13)26-11-16(24)22(3)4/h5-8,12,17H,9-11,19H2,1-4H3,(H,20,23)(H,21,25)/t17-/m0/s1. The number of nitrogens with one attached hydrogen (secondary N) is 2. The second-order valence-electron chi connectivity index (χ2n) is 6.49. The molecule has 0 fully saturated rings. The zero-order valence-electron chi connectivity index (χ0n) is 15.7. The van der Waals surface area contributed by atoms with Crippen molar-refractivity contribution in [3.05, 3.63) is 29.8 Å². The molecule has 0 aliphatic heterocycles. The highest BCUT2D eigenvalue weighted by atomic mass is 16.5. The van der Waals surface area contributed by atoms with Crippen molar-refractivity contribution >= 4 is 17.7 Å². The van der Waals surface area contributed by atoms with E-state index < -0.39 is 6.04 Å². The highest BCUT2D eigenvalue weighted by Gasteiger charge is 2.17. The number of carbonyl (C=O) groups is 3. The minimum Gasteiger partial charge on any atom is -0.484 e. The number of hydrogen-bond acceptors (Lipinski definition) is 5. The van der Waals surface area contributed by atoms with Crippen LogP contribution in [0, 0.1) is 5.92 Å². The van der Waals surface area contributed by atoms with Crippen LogP contribution in [-0.2, 0) is 20.9 Å². The Hall–Kier alpha value is -2.61. The summed E-state index contributed by atoms with van der Waals surface area (Å²) in [6.07, 6.45) is 0. The first-order chi connectivity index (χ1) is 12.2. The Balaban J connectivity index is 2.42. The average Bonchev–Trinajstić information content (AvgIpc) is 2.61. The van der Waals surface area contributed by atoms with E-state index in [1.165, 1.54) is 4.90 Å². The quantitative estimate of drug-likeness (QED) is 0.565. The van der Waals surface area contributed by atoms with Crippen molar-refractivity contribution in [1.82, 2.24) is 15.5 Å². The lowest BCUT2D eigenvalue weighted by molar-refractivity contribution is -0.130. The fraction of sp³-hybridized carbons (Fsp3) is 0.500. The third-order valence-corrected chi connectivity index (χ3v) is 3.69. The molecule has 0 aromatic heterocycles. The van der Waals surface area contributed by atoms with E-state index >= 15 is 0 Å². The second-order valence-corrected chi connectivity index (χ2v) is 6.49. The van der Waals surface area contributed by atoms with E-state index in [0.717, 1.165) is 5.56 Å². The summed E-state index contributed by atoms with van der Waals surface area (Å²) in [6, 6.07) is 6.45. The molecule has 0 spiro atoms. The molecule has 0 bridgehead atoms.